The van der Waals surface area contributed by atoms with Gasteiger partial charge in [-0.2, -0.15) is 5.10 Å². The predicted molar refractivity (Wildman–Crippen MR) is 96.6 cm³/mol. The third-order valence-electron chi connectivity index (χ3n) is 5.01. The van der Waals surface area contributed by atoms with Gasteiger partial charge in [0.2, 0.25) is 11.8 Å². The van der Waals surface area contributed by atoms with Gasteiger partial charge in [0.15, 0.2) is 4.77 Å². The summed E-state index contributed by atoms with van der Waals surface area (Å²) in [7, 11) is 0. The SMILES string of the molecule is O=C(CNC(=O)CC1CCCCC1)NCCc1n[nH]c(=S)n1C1CC1. The van der Waals surface area contributed by atoms with Gasteiger partial charge in [-0.3, -0.25) is 14.7 Å². The molecule has 2 fully saturated rings. The Bertz CT molecular complexity index is 658. The molecule has 1 aromatic rings. The van der Waals surface area contributed by atoms with Crippen LogP contribution in [0.3, 0.4) is 0 Å². The molecular formula is C17H27N5O2S. The number of nitrogens with one attached hydrogen (secondary N) is 3. The van der Waals surface area contributed by atoms with Crippen molar-refractivity contribution < 1.29 is 9.59 Å². The Balaban J connectivity index is 1.33. The largest absolute Gasteiger partial charge is 0.354 e. The molecule has 0 spiro atoms. The lowest BCUT2D eigenvalue weighted by atomic mass is 9.87. The zero-order valence-corrected chi connectivity index (χ0v) is 15.4. The van der Waals surface area contributed by atoms with Gasteiger partial charge in [-0.1, -0.05) is 19.3 Å². The molecule has 138 valence electrons. The van der Waals surface area contributed by atoms with Crippen LogP contribution < -0.4 is 10.6 Å². The minimum atomic E-state index is -0.163. The number of hydrogen-bond donors (Lipinski definition) is 3. The Hall–Kier alpha value is -1.70. The Morgan fingerprint density at radius 2 is 1.88 bits per heavy atom. The summed E-state index contributed by atoms with van der Waals surface area (Å²) in [6, 6.07) is 0.469. The second-order valence-electron chi connectivity index (χ2n) is 7.13. The number of amides is 2. The van der Waals surface area contributed by atoms with Crippen LogP contribution in [0.15, 0.2) is 0 Å². The van der Waals surface area contributed by atoms with Gasteiger partial charge in [-0.05, 0) is 43.8 Å². The molecule has 8 heteroatoms. The van der Waals surface area contributed by atoms with Gasteiger partial charge in [0, 0.05) is 25.4 Å². The average Bonchev–Trinajstić information content (AvgIpc) is 3.37. The highest BCUT2D eigenvalue weighted by atomic mass is 32.1. The maximum Gasteiger partial charge on any atom is 0.239 e. The predicted octanol–water partition coefficient (Wildman–Crippen LogP) is 2.02. The normalized spacial score (nSPS) is 18.1. The molecule has 2 aliphatic rings. The van der Waals surface area contributed by atoms with Crippen molar-refractivity contribution in [3.05, 3.63) is 10.6 Å². The van der Waals surface area contributed by atoms with Gasteiger partial charge in [0.25, 0.3) is 0 Å². The molecule has 1 aromatic heterocycles. The molecule has 2 aliphatic carbocycles. The Morgan fingerprint density at radius 3 is 2.60 bits per heavy atom. The number of nitrogens with zero attached hydrogens (tertiary/aromatic N) is 2. The fraction of sp³-hybridized carbons (Fsp3) is 0.765. The number of aromatic nitrogens is 3. The molecule has 3 N–H and O–H groups in total. The van der Waals surface area contributed by atoms with Gasteiger partial charge >= 0.3 is 0 Å². The first-order valence-electron chi connectivity index (χ1n) is 9.32. The Labute approximate surface area is 153 Å². The van der Waals surface area contributed by atoms with Crippen molar-refractivity contribution in [3.63, 3.8) is 0 Å². The van der Waals surface area contributed by atoms with Crippen molar-refractivity contribution in [3.8, 4) is 0 Å². The molecule has 0 aliphatic heterocycles. The van der Waals surface area contributed by atoms with E-state index in [-0.39, 0.29) is 18.4 Å². The van der Waals surface area contributed by atoms with Crippen LogP contribution in [0.1, 0.15) is 63.2 Å². The lowest BCUT2D eigenvalue weighted by Crippen LogP contribution is -2.38. The van der Waals surface area contributed by atoms with Crippen LogP contribution in [-0.2, 0) is 16.0 Å². The van der Waals surface area contributed by atoms with E-state index in [0.717, 1.165) is 31.5 Å². The summed E-state index contributed by atoms with van der Waals surface area (Å²) in [5.41, 5.74) is 0. The van der Waals surface area contributed by atoms with Crippen molar-refractivity contribution >= 4 is 24.0 Å². The fourth-order valence-electron chi connectivity index (χ4n) is 3.50. The summed E-state index contributed by atoms with van der Waals surface area (Å²) in [4.78, 5) is 23.8. The average molecular weight is 366 g/mol. The topological polar surface area (TPSA) is 91.8 Å². The third-order valence-corrected chi connectivity index (χ3v) is 5.29. The van der Waals surface area contributed by atoms with Gasteiger partial charge in [0.05, 0.1) is 6.54 Å². The number of carbonyl (C=O) groups is 2. The van der Waals surface area contributed by atoms with Crippen molar-refractivity contribution in [1.82, 2.24) is 25.4 Å². The lowest BCUT2D eigenvalue weighted by Gasteiger charge is -2.20. The summed E-state index contributed by atoms with van der Waals surface area (Å²) < 4.78 is 2.70. The van der Waals surface area contributed by atoms with Crippen molar-refractivity contribution in [1.29, 1.82) is 0 Å². The second-order valence-corrected chi connectivity index (χ2v) is 7.52. The molecule has 0 saturated heterocycles. The highest BCUT2D eigenvalue weighted by Crippen LogP contribution is 2.35. The molecule has 7 nitrogen and oxygen atoms in total. The number of carbonyl (C=O) groups excluding carboxylic acids is 2. The van der Waals surface area contributed by atoms with Gasteiger partial charge in [0.1, 0.15) is 5.82 Å². The Kier molecular flexibility index (Phi) is 6.23. The van der Waals surface area contributed by atoms with Crippen LogP contribution in [-0.4, -0.2) is 39.7 Å². The zero-order valence-electron chi connectivity index (χ0n) is 14.6. The smallest absolute Gasteiger partial charge is 0.239 e. The van der Waals surface area contributed by atoms with E-state index >= 15 is 0 Å². The van der Waals surface area contributed by atoms with Crippen LogP contribution in [0.25, 0.3) is 0 Å². The first-order chi connectivity index (χ1) is 12.1. The summed E-state index contributed by atoms with van der Waals surface area (Å²) >= 11 is 5.24. The third kappa shape index (κ3) is 5.39. The summed E-state index contributed by atoms with van der Waals surface area (Å²) in [6.07, 6.45) is 9.45. The number of H-pyrrole nitrogens is 1. The van der Waals surface area contributed by atoms with Crippen LogP contribution in [0.4, 0.5) is 0 Å². The van der Waals surface area contributed by atoms with E-state index < -0.39 is 0 Å². The van der Waals surface area contributed by atoms with E-state index in [4.69, 9.17) is 12.2 Å². The molecule has 0 atom stereocenters. The number of rotatable bonds is 8. The fourth-order valence-corrected chi connectivity index (χ4v) is 3.80. The van der Waals surface area contributed by atoms with Crippen molar-refractivity contribution in [2.24, 2.45) is 5.92 Å². The maximum absolute atomic E-state index is 11.9. The van der Waals surface area contributed by atoms with E-state index in [1.807, 2.05) is 4.57 Å². The molecular weight excluding hydrogens is 338 g/mol. The molecule has 0 aromatic carbocycles. The van der Waals surface area contributed by atoms with E-state index in [1.54, 1.807) is 0 Å². The van der Waals surface area contributed by atoms with Crippen LogP contribution in [0.5, 0.6) is 0 Å². The summed E-state index contributed by atoms with van der Waals surface area (Å²) in [5.74, 6) is 1.19. The first kappa shape index (κ1) is 18.1. The minimum Gasteiger partial charge on any atom is -0.354 e. The van der Waals surface area contributed by atoms with Crippen molar-refractivity contribution in [2.45, 2.75) is 63.8 Å². The monoisotopic (exact) mass is 365 g/mol. The van der Waals surface area contributed by atoms with Crippen LogP contribution >= 0.6 is 12.2 Å². The van der Waals surface area contributed by atoms with E-state index in [9.17, 15) is 9.59 Å². The van der Waals surface area contributed by atoms with E-state index in [2.05, 4.69) is 20.8 Å². The Morgan fingerprint density at radius 1 is 1.12 bits per heavy atom. The molecule has 25 heavy (non-hydrogen) atoms. The van der Waals surface area contributed by atoms with Gasteiger partial charge in [-0.15, -0.1) is 0 Å². The first-order valence-corrected chi connectivity index (χ1v) is 9.73. The quantitative estimate of drug-likeness (QED) is 0.615. The number of aromatic amines is 1. The zero-order chi connectivity index (χ0) is 17.6. The summed E-state index contributed by atoms with van der Waals surface area (Å²) in [5, 5.41) is 12.6. The molecule has 3 rings (SSSR count). The molecule has 0 bridgehead atoms. The summed E-state index contributed by atoms with van der Waals surface area (Å²) in [6.45, 7) is 0.532. The highest BCUT2D eigenvalue weighted by Gasteiger charge is 2.27. The standard InChI is InChI=1S/C17H27N5O2S/c23-15(10-12-4-2-1-3-5-12)19-11-16(24)18-9-8-14-20-21-17(25)22(14)13-6-7-13/h12-13H,1-11H2,(H,18,24)(H,19,23)(H,21,25). The molecule has 2 amide bonds. The van der Waals surface area contributed by atoms with Gasteiger partial charge in [-0.25, -0.2) is 0 Å². The second kappa shape index (κ2) is 8.60. The van der Waals surface area contributed by atoms with Crippen LogP contribution in [0.2, 0.25) is 0 Å². The van der Waals surface area contributed by atoms with Gasteiger partial charge < -0.3 is 15.2 Å². The molecule has 2 saturated carbocycles. The maximum atomic E-state index is 11.9. The molecule has 0 radical (unpaired) electrons. The van der Waals surface area contributed by atoms with E-state index in [0.29, 0.717) is 36.1 Å². The highest BCUT2D eigenvalue weighted by molar-refractivity contribution is 7.71. The minimum absolute atomic E-state index is 0.0170. The van der Waals surface area contributed by atoms with Crippen LogP contribution in [0, 0.1) is 10.7 Å². The molecule has 0 unspecified atom stereocenters. The van der Waals surface area contributed by atoms with Crippen molar-refractivity contribution in [2.75, 3.05) is 13.1 Å². The lowest BCUT2D eigenvalue weighted by molar-refractivity contribution is -0.126. The van der Waals surface area contributed by atoms with E-state index in [1.165, 1.54) is 19.3 Å². The molecule has 1 heterocycles. The number of hydrogen-bond acceptors (Lipinski definition) is 4.